The Balaban J connectivity index is 4.78. The van der Waals surface area contributed by atoms with Gasteiger partial charge in [-0.3, -0.25) is 0 Å². The fourth-order valence-electron chi connectivity index (χ4n) is 2.27. The van der Waals surface area contributed by atoms with Gasteiger partial charge in [-0.2, -0.15) is 0 Å². The highest BCUT2D eigenvalue weighted by molar-refractivity contribution is 5.10. The fraction of sp³-hybridized carbons (Fsp3) is 0.800. The van der Waals surface area contributed by atoms with Crippen molar-refractivity contribution in [1.29, 1.82) is 0 Å². The fourth-order valence-corrected chi connectivity index (χ4v) is 2.27. The first kappa shape index (κ1) is 21.3. The molecule has 0 fully saturated rings. The van der Waals surface area contributed by atoms with E-state index in [0.29, 0.717) is 11.8 Å². The molecule has 0 saturated carbocycles. The summed E-state index contributed by atoms with van der Waals surface area (Å²) < 4.78 is 29.1. The highest BCUT2D eigenvalue weighted by atomic mass is 19.2. The molecule has 0 saturated heterocycles. The molecule has 0 radical (unpaired) electrons. The molecule has 0 amide bonds. The monoisotopic (exact) mass is 314 g/mol. The lowest BCUT2D eigenvalue weighted by molar-refractivity contribution is 0.101. The predicted molar refractivity (Wildman–Crippen MR) is 94.5 cm³/mol. The van der Waals surface area contributed by atoms with E-state index < -0.39 is 12.3 Å². The molecule has 0 aromatic carbocycles. The van der Waals surface area contributed by atoms with Crippen molar-refractivity contribution in [3.8, 4) is 0 Å². The van der Waals surface area contributed by atoms with Gasteiger partial charge in [-0.1, -0.05) is 64.8 Å². The Morgan fingerprint density at radius 1 is 0.682 bits per heavy atom. The second-order valence-electron chi connectivity index (χ2n) is 7.62. The van der Waals surface area contributed by atoms with Crippen LogP contribution in [0.5, 0.6) is 0 Å². The maximum absolute atomic E-state index is 14.5. The first-order valence-electron chi connectivity index (χ1n) is 8.69. The molecule has 4 atom stereocenters. The summed E-state index contributed by atoms with van der Waals surface area (Å²) in [6, 6.07) is 0. The van der Waals surface area contributed by atoms with Crippen LogP contribution in [0.15, 0.2) is 23.3 Å². The van der Waals surface area contributed by atoms with Crippen molar-refractivity contribution in [2.45, 2.75) is 80.6 Å². The minimum absolute atomic E-state index is 0.367. The Kier molecular flexibility index (Phi) is 9.87. The largest absolute Gasteiger partial charge is 0.244 e. The zero-order valence-corrected chi connectivity index (χ0v) is 15.8. The molecule has 0 rings (SSSR count). The highest BCUT2D eigenvalue weighted by Crippen LogP contribution is 2.30. The molecule has 0 spiro atoms. The van der Waals surface area contributed by atoms with Gasteiger partial charge < -0.3 is 0 Å². The molecule has 0 N–H and O–H groups in total. The molecule has 0 aliphatic carbocycles. The molecule has 0 heterocycles. The molecule has 0 aliphatic heterocycles. The van der Waals surface area contributed by atoms with E-state index in [4.69, 9.17) is 0 Å². The zero-order valence-electron chi connectivity index (χ0n) is 15.8. The lowest BCUT2D eigenvalue weighted by atomic mass is 9.85. The molecule has 0 aliphatic rings. The van der Waals surface area contributed by atoms with Crippen LogP contribution in [0.25, 0.3) is 0 Å². The summed E-state index contributed by atoms with van der Waals surface area (Å²) in [6.07, 6.45) is 3.06. The summed E-state index contributed by atoms with van der Waals surface area (Å²) in [5.74, 6) is 0.353. The van der Waals surface area contributed by atoms with E-state index in [1.54, 1.807) is 13.8 Å². The predicted octanol–water partition coefficient (Wildman–Crippen LogP) is 6.92. The van der Waals surface area contributed by atoms with Gasteiger partial charge in [0.25, 0.3) is 0 Å². The van der Waals surface area contributed by atoms with E-state index in [0.717, 1.165) is 24.0 Å². The van der Waals surface area contributed by atoms with E-state index in [9.17, 15) is 8.78 Å². The number of halogens is 2. The van der Waals surface area contributed by atoms with Gasteiger partial charge in [0.05, 0.1) is 0 Å². The summed E-state index contributed by atoms with van der Waals surface area (Å²) in [6.45, 7) is 15.9. The average molecular weight is 315 g/mol. The Morgan fingerprint density at radius 2 is 0.955 bits per heavy atom. The maximum atomic E-state index is 14.5. The van der Waals surface area contributed by atoms with Crippen molar-refractivity contribution >= 4 is 0 Å². The summed E-state index contributed by atoms with van der Waals surface area (Å²) >= 11 is 0. The van der Waals surface area contributed by atoms with Crippen LogP contribution in [0.2, 0.25) is 0 Å². The van der Waals surface area contributed by atoms with Crippen molar-refractivity contribution in [3.05, 3.63) is 23.3 Å². The third kappa shape index (κ3) is 7.56. The third-order valence-electron chi connectivity index (χ3n) is 4.52. The number of allylic oxidation sites excluding steroid dienone is 4. The van der Waals surface area contributed by atoms with E-state index >= 15 is 0 Å². The number of alkyl halides is 2. The van der Waals surface area contributed by atoms with Crippen molar-refractivity contribution in [2.75, 3.05) is 0 Å². The van der Waals surface area contributed by atoms with Gasteiger partial charge in [-0.15, -0.1) is 0 Å². The van der Waals surface area contributed by atoms with Crippen LogP contribution in [-0.4, -0.2) is 12.3 Å². The van der Waals surface area contributed by atoms with Gasteiger partial charge in [0.1, 0.15) is 12.3 Å². The Bertz CT molecular complexity index is 330. The summed E-state index contributed by atoms with van der Waals surface area (Å²) in [5, 5.41) is 0. The standard InChI is InChI=1S/C20H36F2/c1-13(2)9-11-15(5)17(7)19(21)20(22)18(8)16(6)12-10-14(3)4/h11-14,17-20H,9-10H2,1-8H3/b15-11+,16-12+. The Hall–Kier alpha value is -0.660. The molecule has 22 heavy (non-hydrogen) atoms. The molecule has 2 heteroatoms. The van der Waals surface area contributed by atoms with Gasteiger partial charge in [0.2, 0.25) is 0 Å². The van der Waals surface area contributed by atoms with Crippen molar-refractivity contribution in [2.24, 2.45) is 23.7 Å². The Morgan fingerprint density at radius 3 is 1.18 bits per heavy atom. The topological polar surface area (TPSA) is 0 Å². The Labute approximate surface area is 137 Å². The molecule has 130 valence electrons. The molecular weight excluding hydrogens is 278 g/mol. The maximum Gasteiger partial charge on any atom is 0.138 e. The van der Waals surface area contributed by atoms with Crippen LogP contribution in [0.3, 0.4) is 0 Å². The van der Waals surface area contributed by atoms with E-state index in [1.165, 1.54) is 0 Å². The zero-order chi connectivity index (χ0) is 17.4. The highest BCUT2D eigenvalue weighted by Gasteiger charge is 2.32. The molecule has 0 bridgehead atoms. The van der Waals surface area contributed by atoms with Gasteiger partial charge in [0.15, 0.2) is 0 Å². The molecule has 0 aromatic rings. The van der Waals surface area contributed by atoms with E-state index in [1.807, 2.05) is 13.8 Å². The number of rotatable bonds is 9. The molecule has 0 aromatic heterocycles. The lowest BCUT2D eigenvalue weighted by Crippen LogP contribution is -2.31. The quantitative estimate of drug-likeness (QED) is 0.405. The first-order valence-corrected chi connectivity index (χ1v) is 8.69. The van der Waals surface area contributed by atoms with E-state index in [2.05, 4.69) is 39.8 Å². The van der Waals surface area contributed by atoms with Gasteiger partial charge in [-0.05, 0) is 38.5 Å². The van der Waals surface area contributed by atoms with Crippen LogP contribution in [0.1, 0.15) is 68.2 Å². The van der Waals surface area contributed by atoms with Crippen molar-refractivity contribution < 1.29 is 8.78 Å². The van der Waals surface area contributed by atoms with Crippen LogP contribution < -0.4 is 0 Å². The lowest BCUT2D eigenvalue weighted by Gasteiger charge is -2.26. The number of hydrogen-bond donors (Lipinski definition) is 0. The molecule has 0 nitrogen and oxygen atoms in total. The summed E-state index contributed by atoms with van der Waals surface area (Å²) in [5.41, 5.74) is 1.92. The van der Waals surface area contributed by atoms with E-state index in [-0.39, 0.29) is 11.8 Å². The number of hydrogen-bond acceptors (Lipinski definition) is 0. The van der Waals surface area contributed by atoms with Crippen LogP contribution in [-0.2, 0) is 0 Å². The second kappa shape index (κ2) is 10.2. The van der Waals surface area contributed by atoms with Gasteiger partial charge in [-0.25, -0.2) is 8.78 Å². The minimum atomic E-state index is -1.44. The third-order valence-corrected chi connectivity index (χ3v) is 4.52. The molecular formula is C20H36F2. The first-order chi connectivity index (χ1) is 10.1. The van der Waals surface area contributed by atoms with Crippen molar-refractivity contribution in [1.82, 2.24) is 0 Å². The minimum Gasteiger partial charge on any atom is -0.244 e. The second-order valence-corrected chi connectivity index (χ2v) is 7.62. The van der Waals surface area contributed by atoms with Crippen LogP contribution in [0, 0.1) is 23.7 Å². The summed E-state index contributed by atoms with van der Waals surface area (Å²) in [7, 11) is 0. The van der Waals surface area contributed by atoms with Crippen LogP contribution >= 0.6 is 0 Å². The summed E-state index contributed by atoms with van der Waals surface area (Å²) in [4.78, 5) is 0. The van der Waals surface area contributed by atoms with Crippen LogP contribution in [0.4, 0.5) is 8.78 Å². The average Bonchev–Trinajstić information content (AvgIpc) is 2.46. The smallest absolute Gasteiger partial charge is 0.138 e. The SMILES string of the molecule is C/C(=C\CC(C)C)C(C)C(F)C(F)C(C)/C(C)=C/CC(C)C. The van der Waals surface area contributed by atoms with Crippen molar-refractivity contribution in [3.63, 3.8) is 0 Å². The van der Waals surface area contributed by atoms with Gasteiger partial charge in [0, 0.05) is 11.8 Å². The van der Waals surface area contributed by atoms with Gasteiger partial charge >= 0.3 is 0 Å². The normalized spacial score (nSPS) is 19.5. The molecule has 4 unspecified atom stereocenters.